The maximum absolute atomic E-state index is 12.4. The number of amides is 2. The topological polar surface area (TPSA) is 101 Å². The van der Waals surface area contributed by atoms with E-state index >= 15 is 0 Å². The minimum Gasteiger partial charge on any atom is -0.376 e. The molecule has 1 unspecified atom stereocenters. The fraction of sp³-hybridized carbons (Fsp3) is 0.368. The molecule has 0 radical (unpaired) electrons. The van der Waals surface area contributed by atoms with Crippen molar-refractivity contribution in [1.82, 2.24) is 15.3 Å². The summed E-state index contributed by atoms with van der Waals surface area (Å²) in [5.74, 6) is 0.575. The highest BCUT2D eigenvalue weighted by Gasteiger charge is 2.16. The number of carbonyl (C=O) groups is 1. The van der Waals surface area contributed by atoms with E-state index in [1.807, 2.05) is 19.9 Å². The molecule has 0 bridgehead atoms. The van der Waals surface area contributed by atoms with Gasteiger partial charge in [0.05, 0.1) is 22.7 Å². The molecule has 3 rings (SSSR count). The van der Waals surface area contributed by atoms with E-state index in [2.05, 4.69) is 30.9 Å². The summed E-state index contributed by atoms with van der Waals surface area (Å²) in [6.45, 7) is 4.88. The molecule has 1 aliphatic rings. The lowest BCUT2D eigenvalue weighted by Gasteiger charge is -2.14. The summed E-state index contributed by atoms with van der Waals surface area (Å²) in [6, 6.07) is 6.18. The van der Waals surface area contributed by atoms with Crippen molar-refractivity contribution in [3.05, 3.63) is 45.7 Å². The van der Waals surface area contributed by atoms with Crippen molar-refractivity contribution in [2.75, 3.05) is 23.8 Å². The number of nitrogens with one attached hydrogen (secondary N) is 3. The third-order valence-electron chi connectivity index (χ3n) is 4.10. The Hall–Kier alpha value is -2.42. The normalized spacial score (nSPS) is 16.6. The van der Waals surface area contributed by atoms with Gasteiger partial charge in [-0.3, -0.25) is 10.6 Å². The van der Waals surface area contributed by atoms with Crippen molar-refractivity contribution in [3.63, 3.8) is 0 Å². The quantitative estimate of drug-likeness (QED) is 0.493. The molecule has 154 valence electrons. The number of carbonyl (C=O) groups excluding carboxylic acids is 1. The first-order valence-corrected chi connectivity index (χ1v) is 9.93. The van der Waals surface area contributed by atoms with Crippen LogP contribution in [0.25, 0.3) is 0 Å². The van der Waals surface area contributed by atoms with Gasteiger partial charge in [0.2, 0.25) is 11.9 Å². The molecule has 2 heterocycles. The predicted molar refractivity (Wildman–Crippen MR) is 115 cm³/mol. The summed E-state index contributed by atoms with van der Waals surface area (Å²) in [4.78, 5) is 25.6. The van der Waals surface area contributed by atoms with Crippen LogP contribution in [0, 0.1) is 13.8 Å². The molecule has 29 heavy (non-hydrogen) atoms. The highest BCUT2D eigenvalue weighted by Crippen LogP contribution is 2.24. The second-order valence-corrected chi connectivity index (χ2v) is 7.45. The Balaban J connectivity index is 1.71. The smallest absolute Gasteiger partial charge is 0.326 e. The van der Waals surface area contributed by atoms with Crippen molar-refractivity contribution in [2.24, 2.45) is 4.99 Å². The van der Waals surface area contributed by atoms with Gasteiger partial charge in [0, 0.05) is 23.7 Å². The minimum absolute atomic E-state index is 0.0342. The Labute approximate surface area is 179 Å². The predicted octanol–water partition coefficient (Wildman–Crippen LogP) is 4.17. The van der Waals surface area contributed by atoms with E-state index in [-0.39, 0.29) is 12.1 Å². The van der Waals surface area contributed by atoms with Gasteiger partial charge in [-0.2, -0.15) is 0 Å². The van der Waals surface area contributed by atoms with Crippen LogP contribution >= 0.6 is 23.2 Å². The zero-order chi connectivity index (χ0) is 20.8. The minimum atomic E-state index is -0.494. The number of hydrogen-bond donors (Lipinski definition) is 3. The second kappa shape index (κ2) is 9.87. The molecule has 1 atom stereocenters. The maximum atomic E-state index is 12.4. The van der Waals surface area contributed by atoms with E-state index in [0.717, 1.165) is 30.8 Å². The molecule has 1 saturated heterocycles. The van der Waals surface area contributed by atoms with Crippen LogP contribution in [0.4, 0.5) is 16.4 Å². The molecule has 1 aromatic heterocycles. The zero-order valence-electron chi connectivity index (χ0n) is 16.1. The highest BCUT2D eigenvalue weighted by molar-refractivity contribution is 6.42. The number of rotatable bonds is 4. The number of ether oxygens (including phenoxy) is 1. The molecule has 0 saturated carbocycles. The third kappa shape index (κ3) is 6.56. The van der Waals surface area contributed by atoms with Crippen LogP contribution < -0.4 is 16.0 Å². The number of guanidine groups is 1. The number of aryl methyl sites for hydroxylation is 2. The van der Waals surface area contributed by atoms with E-state index in [1.54, 1.807) is 18.2 Å². The van der Waals surface area contributed by atoms with Gasteiger partial charge >= 0.3 is 6.03 Å². The molecular formula is C19H22Cl2N6O2. The first-order valence-electron chi connectivity index (χ1n) is 9.17. The summed E-state index contributed by atoms with van der Waals surface area (Å²) in [6.07, 6.45) is 1.98. The lowest BCUT2D eigenvalue weighted by molar-refractivity contribution is 0.118. The standard InChI is InChI=1S/C19H22Cl2N6O2/c1-11-8-12(2)24-18(23-11)26-17(22-10-14-4-3-7-29-14)27-19(28)25-13-5-6-15(20)16(21)9-13/h5-6,8-9,14H,3-4,7,10H2,1-2H3,(H3,22,23,24,25,26,27,28). The number of anilines is 2. The molecular weight excluding hydrogens is 415 g/mol. The zero-order valence-corrected chi connectivity index (χ0v) is 17.6. The molecule has 1 fully saturated rings. The van der Waals surface area contributed by atoms with Crippen molar-refractivity contribution >= 4 is 46.8 Å². The number of aliphatic imine (C=N–C) groups is 1. The van der Waals surface area contributed by atoms with Crippen LogP contribution in [0.3, 0.4) is 0 Å². The number of nitrogens with zero attached hydrogens (tertiary/aromatic N) is 3. The van der Waals surface area contributed by atoms with Gasteiger partial charge < -0.3 is 10.1 Å². The Bertz CT molecular complexity index is 895. The highest BCUT2D eigenvalue weighted by atomic mass is 35.5. The van der Waals surface area contributed by atoms with Crippen LogP contribution in [0.15, 0.2) is 29.3 Å². The molecule has 1 aliphatic heterocycles. The lowest BCUT2D eigenvalue weighted by atomic mass is 10.2. The van der Waals surface area contributed by atoms with E-state index < -0.39 is 6.03 Å². The van der Waals surface area contributed by atoms with E-state index in [4.69, 9.17) is 27.9 Å². The van der Waals surface area contributed by atoms with Crippen molar-refractivity contribution in [2.45, 2.75) is 32.8 Å². The summed E-state index contributed by atoms with van der Waals surface area (Å²) >= 11 is 11.9. The van der Waals surface area contributed by atoms with Crippen LogP contribution in [0.5, 0.6) is 0 Å². The Morgan fingerprint density at radius 2 is 1.93 bits per heavy atom. The van der Waals surface area contributed by atoms with Crippen molar-refractivity contribution < 1.29 is 9.53 Å². The summed E-state index contributed by atoms with van der Waals surface area (Å²) < 4.78 is 5.60. The van der Waals surface area contributed by atoms with Crippen LogP contribution in [0.1, 0.15) is 24.2 Å². The molecule has 0 spiro atoms. The average Bonchev–Trinajstić information content (AvgIpc) is 3.15. The van der Waals surface area contributed by atoms with E-state index in [9.17, 15) is 4.79 Å². The van der Waals surface area contributed by atoms with Gasteiger partial charge in [0.15, 0.2) is 0 Å². The number of hydrogen-bond acceptors (Lipinski definition) is 5. The summed E-state index contributed by atoms with van der Waals surface area (Å²) in [7, 11) is 0. The average molecular weight is 437 g/mol. The number of urea groups is 1. The third-order valence-corrected chi connectivity index (χ3v) is 4.84. The Morgan fingerprint density at radius 3 is 2.59 bits per heavy atom. The monoisotopic (exact) mass is 436 g/mol. The Morgan fingerprint density at radius 1 is 1.17 bits per heavy atom. The SMILES string of the molecule is Cc1cc(C)nc(NC(=NCC2CCCO2)NC(=O)Nc2ccc(Cl)c(Cl)c2)n1. The van der Waals surface area contributed by atoms with Gasteiger partial charge in [0.1, 0.15) is 0 Å². The number of halogens is 2. The molecule has 2 amide bonds. The number of aromatic nitrogens is 2. The summed E-state index contributed by atoms with van der Waals surface area (Å²) in [5, 5.41) is 9.11. The number of benzene rings is 1. The van der Waals surface area contributed by atoms with Gasteiger partial charge in [-0.25, -0.2) is 19.8 Å². The second-order valence-electron chi connectivity index (χ2n) is 6.63. The van der Waals surface area contributed by atoms with Crippen LogP contribution in [-0.2, 0) is 4.74 Å². The van der Waals surface area contributed by atoms with Gasteiger partial charge in [0.25, 0.3) is 0 Å². The van der Waals surface area contributed by atoms with Gasteiger partial charge in [-0.15, -0.1) is 0 Å². The van der Waals surface area contributed by atoms with Crippen LogP contribution in [-0.4, -0.2) is 41.2 Å². The van der Waals surface area contributed by atoms with Crippen molar-refractivity contribution in [3.8, 4) is 0 Å². The first kappa shape index (κ1) is 21.3. The van der Waals surface area contributed by atoms with Crippen molar-refractivity contribution in [1.29, 1.82) is 0 Å². The largest absolute Gasteiger partial charge is 0.376 e. The first-order chi connectivity index (χ1) is 13.9. The maximum Gasteiger partial charge on any atom is 0.326 e. The lowest BCUT2D eigenvalue weighted by Crippen LogP contribution is -2.40. The molecule has 2 aromatic rings. The van der Waals surface area contributed by atoms with Gasteiger partial charge in [-0.1, -0.05) is 23.2 Å². The van der Waals surface area contributed by atoms with Gasteiger partial charge in [-0.05, 0) is 51.0 Å². The molecule has 10 heteroatoms. The van der Waals surface area contributed by atoms with Crippen LogP contribution in [0.2, 0.25) is 10.0 Å². The molecule has 3 N–H and O–H groups in total. The fourth-order valence-electron chi connectivity index (χ4n) is 2.82. The van der Waals surface area contributed by atoms with E-state index in [0.29, 0.717) is 28.2 Å². The Kier molecular flexibility index (Phi) is 7.24. The molecule has 8 nitrogen and oxygen atoms in total. The molecule has 0 aliphatic carbocycles. The summed E-state index contributed by atoms with van der Waals surface area (Å²) in [5.41, 5.74) is 2.11. The fourth-order valence-corrected chi connectivity index (χ4v) is 3.12. The van der Waals surface area contributed by atoms with E-state index in [1.165, 1.54) is 0 Å². The molecule has 1 aromatic carbocycles.